The average molecular weight is 367 g/mol. The van der Waals surface area contributed by atoms with E-state index in [9.17, 15) is 4.79 Å². The number of hydrogen-bond donors (Lipinski definition) is 2. The average Bonchev–Trinajstić information content (AvgIpc) is 2.72. The highest BCUT2D eigenvalue weighted by molar-refractivity contribution is 5.70. The Morgan fingerprint density at radius 2 is 1.70 bits per heavy atom. The first-order chi connectivity index (χ1) is 13.2. The molecule has 2 N–H and O–H groups in total. The van der Waals surface area contributed by atoms with Gasteiger partial charge in [0.2, 0.25) is 0 Å². The van der Waals surface area contributed by atoms with E-state index in [2.05, 4.69) is 29.6 Å². The predicted molar refractivity (Wildman–Crippen MR) is 102 cm³/mol. The zero-order chi connectivity index (χ0) is 18.6. The van der Waals surface area contributed by atoms with Gasteiger partial charge in [0.1, 0.15) is 6.61 Å². The first-order valence-corrected chi connectivity index (χ1v) is 9.62. The predicted octanol–water partition coefficient (Wildman–Crippen LogP) is 3.93. The molecule has 142 valence electrons. The number of para-hydroxylation sites is 2. The van der Waals surface area contributed by atoms with E-state index in [0.29, 0.717) is 12.6 Å². The summed E-state index contributed by atoms with van der Waals surface area (Å²) in [5.74, 6) is 0.773. The van der Waals surface area contributed by atoms with Crippen molar-refractivity contribution in [1.29, 1.82) is 0 Å². The zero-order valence-electron chi connectivity index (χ0n) is 15.3. The molecule has 0 spiro atoms. The summed E-state index contributed by atoms with van der Waals surface area (Å²) in [7, 11) is 0. The molecule has 2 aromatic rings. The van der Waals surface area contributed by atoms with Gasteiger partial charge in [0, 0.05) is 12.6 Å². The van der Waals surface area contributed by atoms with Crippen molar-refractivity contribution in [2.24, 2.45) is 5.92 Å². The Morgan fingerprint density at radius 1 is 1.00 bits per heavy atom. The van der Waals surface area contributed by atoms with Crippen molar-refractivity contribution >= 4 is 5.97 Å². The number of benzene rings is 2. The molecule has 5 heteroatoms. The van der Waals surface area contributed by atoms with E-state index >= 15 is 0 Å². The van der Waals surface area contributed by atoms with Gasteiger partial charge in [-0.1, -0.05) is 36.4 Å². The van der Waals surface area contributed by atoms with E-state index in [1.165, 1.54) is 5.56 Å². The maximum atomic E-state index is 11.0. The molecule has 2 aliphatic rings. The van der Waals surface area contributed by atoms with Gasteiger partial charge in [-0.15, -0.1) is 0 Å². The second kappa shape index (κ2) is 8.01. The van der Waals surface area contributed by atoms with Crippen molar-refractivity contribution in [3.63, 3.8) is 0 Å². The number of carboxylic acids is 1. The molecule has 0 radical (unpaired) electrons. The maximum absolute atomic E-state index is 11.0. The van der Waals surface area contributed by atoms with Crippen LogP contribution in [-0.2, 0) is 11.3 Å². The Bertz CT molecular complexity index is 781. The van der Waals surface area contributed by atoms with E-state index < -0.39 is 5.97 Å². The van der Waals surface area contributed by atoms with Gasteiger partial charge in [-0.3, -0.25) is 4.79 Å². The van der Waals surface area contributed by atoms with Crippen molar-refractivity contribution in [2.75, 3.05) is 6.61 Å². The Hall–Kier alpha value is -2.53. The zero-order valence-corrected chi connectivity index (χ0v) is 15.3. The number of fused-ring (bicyclic) bond motifs is 1. The molecule has 1 saturated carbocycles. The summed E-state index contributed by atoms with van der Waals surface area (Å²) in [4.78, 5) is 11.0. The molecule has 0 aromatic heterocycles. The number of hydrogen-bond acceptors (Lipinski definition) is 4. The molecule has 2 aromatic carbocycles. The topological polar surface area (TPSA) is 67.8 Å². The molecule has 1 atom stereocenters. The second-order valence-corrected chi connectivity index (χ2v) is 7.37. The number of rotatable bonds is 5. The van der Waals surface area contributed by atoms with E-state index in [0.717, 1.165) is 49.3 Å². The molecule has 5 nitrogen and oxygen atoms in total. The maximum Gasteiger partial charge on any atom is 0.306 e. The second-order valence-electron chi connectivity index (χ2n) is 7.37. The monoisotopic (exact) mass is 367 g/mol. The first kappa shape index (κ1) is 17.9. The lowest BCUT2D eigenvalue weighted by Gasteiger charge is -2.27. The summed E-state index contributed by atoms with van der Waals surface area (Å²) in [5.41, 5.74) is 2.33. The van der Waals surface area contributed by atoms with E-state index in [4.69, 9.17) is 14.6 Å². The van der Waals surface area contributed by atoms with Crippen molar-refractivity contribution in [2.45, 2.75) is 44.4 Å². The number of aliphatic carboxylic acids is 1. The summed E-state index contributed by atoms with van der Waals surface area (Å²) in [6.45, 7) is 1.31. The third-order valence-electron chi connectivity index (χ3n) is 5.53. The van der Waals surface area contributed by atoms with Gasteiger partial charge in [0.25, 0.3) is 0 Å². The molecule has 4 rings (SSSR count). The van der Waals surface area contributed by atoms with Gasteiger partial charge in [-0.05, 0) is 48.9 Å². The van der Waals surface area contributed by atoms with Gasteiger partial charge in [0.05, 0.1) is 5.92 Å². The normalized spacial score (nSPS) is 24.4. The molecule has 0 bridgehead atoms. The van der Waals surface area contributed by atoms with Gasteiger partial charge < -0.3 is 19.9 Å². The standard InChI is InChI=1S/C22H25NO4/c24-22(25)17-9-11-18(12-10-17)23-13-15-5-7-16(8-6-15)21-14-26-19-3-1-2-4-20(19)27-21/h1-8,17-18,21,23H,9-14H2,(H,24,25). The van der Waals surface area contributed by atoms with Crippen molar-refractivity contribution in [3.8, 4) is 11.5 Å². The first-order valence-electron chi connectivity index (χ1n) is 9.62. The third kappa shape index (κ3) is 4.25. The van der Waals surface area contributed by atoms with Crippen LogP contribution in [0, 0.1) is 5.92 Å². The van der Waals surface area contributed by atoms with Crippen LogP contribution < -0.4 is 14.8 Å². The van der Waals surface area contributed by atoms with Crippen LogP contribution in [0.2, 0.25) is 0 Å². The smallest absolute Gasteiger partial charge is 0.306 e. The highest BCUT2D eigenvalue weighted by Crippen LogP contribution is 2.35. The molecule has 1 heterocycles. The number of nitrogens with one attached hydrogen (secondary N) is 1. The lowest BCUT2D eigenvalue weighted by Crippen LogP contribution is -2.34. The summed E-state index contributed by atoms with van der Waals surface area (Å²) in [6, 6.07) is 16.6. The third-order valence-corrected chi connectivity index (χ3v) is 5.53. The van der Waals surface area contributed by atoms with Crippen LogP contribution in [-0.4, -0.2) is 23.7 Å². The van der Waals surface area contributed by atoms with Crippen LogP contribution in [0.4, 0.5) is 0 Å². The highest BCUT2D eigenvalue weighted by atomic mass is 16.6. The number of carbonyl (C=O) groups is 1. The van der Waals surface area contributed by atoms with E-state index in [1.54, 1.807) is 0 Å². The van der Waals surface area contributed by atoms with E-state index in [1.807, 2.05) is 24.3 Å². The number of ether oxygens (including phenoxy) is 2. The Morgan fingerprint density at radius 3 is 2.41 bits per heavy atom. The fourth-order valence-corrected chi connectivity index (χ4v) is 3.84. The minimum atomic E-state index is -0.652. The fraction of sp³-hybridized carbons (Fsp3) is 0.409. The van der Waals surface area contributed by atoms with Crippen molar-refractivity contribution < 1.29 is 19.4 Å². The van der Waals surface area contributed by atoms with Crippen LogP contribution in [0.15, 0.2) is 48.5 Å². The molecular weight excluding hydrogens is 342 g/mol. The molecule has 1 fully saturated rings. The van der Waals surface area contributed by atoms with E-state index in [-0.39, 0.29) is 12.0 Å². The minimum absolute atomic E-state index is 0.0896. The largest absolute Gasteiger partial charge is 0.485 e. The van der Waals surface area contributed by atoms with Crippen LogP contribution in [0.25, 0.3) is 0 Å². The molecule has 1 aliphatic heterocycles. The van der Waals surface area contributed by atoms with Crippen LogP contribution in [0.5, 0.6) is 11.5 Å². The molecular formula is C22H25NO4. The van der Waals surface area contributed by atoms with Gasteiger partial charge in [0.15, 0.2) is 17.6 Å². The fourth-order valence-electron chi connectivity index (χ4n) is 3.84. The van der Waals surface area contributed by atoms with Crippen molar-refractivity contribution in [3.05, 3.63) is 59.7 Å². The van der Waals surface area contributed by atoms with Crippen LogP contribution >= 0.6 is 0 Å². The molecule has 0 amide bonds. The quantitative estimate of drug-likeness (QED) is 0.838. The molecule has 27 heavy (non-hydrogen) atoms. The van der Waals surface area contributed by atoms with Gasteiger partial charge >= 0.3 is 5.97 Å². The van der Waals surface area contributed by atoms with Gasteiger partial charge in [-0.25, -0.2) is 0 Å². The summed E-state index contributed by atoms with van der Waals surface area (Å²) >= 11 is 0. The lowest BCUT2D eigenvalue weighted by molar-refractivity contribution is -0.142. The SMILES string of the molecule is O=C(O)C1CCC(NCc2ccc(C3COc4ccccc4O3)cc2)CC1. The Kier molecular flexibility index (Phi) is 5.30. The van der Waals surface area contributed by atoms with Crippen molar-refractivity contribution in [1.82, 2.24) is 5.32 Å². The highest BCUT2D eigenvalue weighted by Gasteiger charge is 2.25. The minimum Gasteiger partial charge on any atom is -0.485 e. The number of carboxylic acid groups (broad SMARTS) is 1. The molecule has 1 unspecified atom stereocenters. The lowest BCUT2D eigenvalue weighted by atomic mass is 9.86. The summed E-state index contributed by atoms with van der Waals surface area (Å²) in [5, 5.41) is 12.6. The Balaban J connectivity index is 1.29. The summed E-state index contributed by atoms with van der Waals surface area (Å²) < 4.78 is 11.8. The Labute approximate surface area is 159 Å². The van der Waals surface area contributed by atoms with Crippen LogP contribution in [0.1, 0.15) is 42.9 Å². The van der Waals surface area contributed by atoms with Gasteiger partial charge in [-0.2, -0.15) is 0 Å². The van der Waals surface area contributed by atoms with Crippen LogP contribution in [0.3, 0.4) is 0 Å². The molecule has 0 saturated heterocycles. The summed E-state index contributed by atoms with van der Waals surface area (Å²) in [6.07, 6.45) is 3.32. The molecule has 1 aliphatic carbocycles.